The number of carbonyl (C=O) groups is 1. The standard InChI is InChI=1S/C11H13NO3/c13-9-4-1-3-8(7-9)11(10(14)15)5-2-6-12-11/h1,3-4,7,12-13H,2,5-6H2,(H,14,15). The largest absolute Gasteiger partial charge is 0.508 e. The Morgan fingerprint density at radius 3 is 2.80 bits per heavy atom. The summed E-state index contributed by atoms with van der Waals surface area (Å²) in [6, 6.07) is 6.43. The van der Waals surface area contributed by atoms with E-state index in [0.29, 0.717) is 18.5 Å². The van der Waals surface area contributed by atoms with Gasteiger partial charge in [0, 0.05) is 0 Å². The fraction of sp³-hybridized carbons (Fsp3) is 0.364. The van der Waals surface area contributed by atoms with E-state index in [9.17, 15) is 15.0 Å². The van der Waals surface area contributed by atoms with Crippen molar-refractivity contribution in [3.8, 4) is 5.75 Å². The van der Waals surface area contributed by atoms with Crippen molar-refractivity contribution in [3.05, 3.63) is 29.8 Å². The number of rotatable bonds is 2. The Balaban J connectivity index is 2.45. The highest BCUT2D eigenvalue weighted by molar-refractivity contribution is 5.81. The van der Waals surface area contributed by atoms with Gasteiger partial charge in [0.15, 0.2) is 0 Å². The van der Waals surface area contributed by atoms with E-state index in [0.717, 1.165) is 6.42 Å². The molecule has 1 atom stereocenters. The van der Waals surface area contributed by atoms with Gasteiger partial charge in [-0.05, 0) is 37.1 Å². The Morgan fingerprint density at radius 2 is 2.27 bits per heavy atom. The molecule has 1 fully saturated rings. The third kappa shape index (κ3) is 1.57. The molecule has 3 N–H and O–H groups in total. The summed E-state index contributed by atoms with van der Waals surface area (Å²) in [5.74, 6) is -0.785. The van der Waals surface area contributed by atoms with Crippen molar-refractivity contribution >= 4 is 5.97 Å². The number of hydrogen-bond donors (Lipinski definition) is 3. The highest BCUT2D eigenvalue weighted by Crippen LogP contribution is 2.32. The van der Waals surface area contributed by atoms with Gasteiger partial charge in [-0.1, -0.05) is 12.1 Å². The van der Waals surface area contributed by atoms with Crippen molar-refractivity contribution in [3.63, 3.8) is 0 Å². The van der Waals surface area contributed by atoms with Gasteiger partial charge in [-0.3, -0.25) is 5.32 Å². The molecule has 15 heavy (non-hydrogen) atoms. The lowest BCUT2D eigenvalue weighted by atomic mass is 9.88. The summed E-state index contributed by atoms with van der Waals surface area (Å²) in [6.45, 7) is 0.696. The van der Waals surface area contributed by atoms with Crippen LogP contribution in [-0.2, 0) is 10.3 Å². The van der Waals surface area contributed by atoms with Crippen molar-refractivity contribution in [1.29, 1.82) is 0 Å². The molecule has 4 heteroatoms. The van der Waals surface area contributed by atoms with E-state index < -0.39 is 11.5 Å². The molecular weight excluding hydrogens is 194 g/mol. The summed E-state index contributed by atoms with van der Waals surface area (Å²) in [5, 5.41) is 21.6. The number of phenolic OH excluding ortho intramolecular Hbond substituents is 1. The Bertz CT molecular complexity index is 383. The van der Waals surface area contributed by atoms with Crippen LogP contribution in [0.3, 0.4) is 0 Å². The molecule has 1 saturated heterocycles. The first kappa shape index (κ1) is 9.98. The normalized spacial score (nSPS) is 25.3. The predicted molar refractivity (Wildman–Crippen MR) is 54.7 cm³/mol. The van der Waals surface area contributed by atoms with Crippen molar-refractivity contribution in [2.45, 2.75) is 18.4 Å². The third-order valence-corrected chi connectivity index (χ3v) is 2.86. The third-order valence-electron chi connectivity index (χ3n) is 2.86. The van der Waals surface area contributed by atoms with Crippen molar-refractivity contribution in [2.24, 2.45) is 0 Å². The second-order valence-electron chi connectivity index (χ2n) is 3.79. The van der Waals surface area contributed by atoms with Gasteiger partial charge in [-0.2, -0.15) is 0 Å². The lowest BCUT2D eigenvalue weighted by molar-refractivity contribution is -0.144. The van der Waals surface area contributed by atoms with E-state index in [1.807, 2.05) is 0 Å². The van der Waals surface area contributed by atoms with Crippen molar-refractivity contribution in [2.75, 3.05) is 6.54 Å². The van der Waals surface area contributed by atoms with Crippen LogP contribution in [0.2, 0.25) is 0 Å². The Labute approximate surface area is 87.6 Å². The number of benzene rings is 1. The minimum Gasteiger partial charge on any atom is -0.508 e. The summed E-state index contributed by atoms with van der Waals surface area (Å²) < 4.78 is 0. The topological polar surface area (TPSA) is 69.6 Å². The molecule has 1 aliphatic heterocycles. The molecule has 1 heterocycles. The van der Waals surface area contributed by atoms with Gasteiger partial charge in [0.25, 0.3) is 0 Å². The lowest BCUT2D eigenvalue weighted by Gasteiger charge is -2.24. The Morgan fingerprint density at radius 1 is 1.47 bits per heavy atom. The molecular formula is C11H13NO3. The van der Waals surface area contributed by atoms with Gasteiger partial charge < -0.3 is 10.2 Å². The number of carboxylic acids is 1. The van der Waals surface area contributed by atoms with E-state index in [1.165, 1.54) is 12.1 Å². The Hall–Kier alpha value is -1.55. The fourth-order valence-electron chi connectivity index (χ4n) is 2.07. The van der Waals surface area contributed by atoms with Crippen LogP contribution < -0.4 is 5.32 Å². The lowest BCUT2D eigenvalue weighted by Crippen LogP contribution is -2.44. The van der Waals surface area contributed by atoms with Crippen LogP contribution in [0, 0.1) is 0 Å². The molecule has 0 bridgehead atoms. The number of hydrogen-bond acceptors (Lipinski definition) is 3. The average molecular weight is 207 g/mol. The maximum atomic E-state index is 11.3. The summed E-state index contributed by atoms with van der Waals surface area (Å²) in [7, 11) is 0. The van der Waals surface area contributed by atoms with E-state index in [-0.39, 0.29) is 5.75 Å². The zero-order valence-electron chi connectivity index (χ0n) is 8.23. The molecule has 0 spiro atoms. The molecule has 0 amide bonds. The number of aliphatic carboxylic acids is 1. The zero-order chi connectivity index (χ0) is 10.9. The monoisotopic (exact) mass is 207 g/mol. The first-order chi connectivity index (χ1) is 7.15. The van der Waals surface area contributed by atoms with E-state index in [2.05, 4.69) is 5.32 Å². The molecule has 0 aromatic heterocycles. The smallest absolute Gasteiger partial charge is 0.328 e. The van der Waals surface area contributed by atoms with E-state index >= 15 is 0 Å². The number of carboxylic acid groups (broad SMARTS) is 1. The first-order valence-corrected chi connectivity index (χ1v) is 4.93. The quantitative estimate of drug-likeness (QED) is 0.678. The van der Waals surface area contributed by atoms with Crippen LogP contribution in [0.25, 0.3) is 0 Å². The summed E-state index contributed by atoms with van der Waals surface area (Å²) in [4.78, 5) is 11.3. The molecule has 0 aliphatic carbocycles. The minimum atomic E-state index is -1.02. The van der Waals surface area contributed by atoms with Gasteiger partial charge in [-0.25, -0.2) is 4.79 Å². The molecule has 0 saturated carbocycles. The summed E-state index contributed by atoms with van der Waals surface area (Å²) in [6.07, 6.45) is 1.40. The van der Waals surface area contributed by atoms with Crippen molar-refractivity contribution < 1.29 is 15.0 Å². The van der Waals surface area contributed by atoms with Crippen molar-refractivity contribution in [1.82, 2.24) is 5.32 Å². The average Bonchev–Trinajstić information content (AvgIpc) is 2.67. The van der Waals surface area contributed by atoms with Gasteiger partial charge >= 0.3 is 5.97 Å². The highest BCUT2D eigenvalue weighted by Gasteiger charge is 2.42. The van der Waals surface area contributed by atoms with Gasteiger partial charge in [0.1, 0.15) is 11.3 Å². The molecule has 4 nitrogen and oxygen atoms in total. The van der Waals surface area contributed by atoms with Gasteiger partial charge in [-0.15, -0.1) is 0 Å². The molecule has 1 unspecified atom stereocenters. The number of nitrogens with one attached hydrogen (secondary N) is 1. The highest BCUT2D eigenvalue weighted by atomic mass is 16.4. The number of phenols is 1. The molecule has 1 aliphatic rings. The predicted octanol–water partition coefficient (Wildman–Crippen LogP) is 1.06. The van der Waals surface area contributed by atoms with Gasteiger partial charge in [0.05, 0.1) is 0 Å². The maximum absolute atomic E-state index is 11.3. The van der Waals surface area contributed by atoms with Crippen LogP contribution in [-0.4, -0.2) is 22.7 Å². The molecule has 1 aromatic carbocycles. The Kier molecular flexibility index (Phi) is 2.36. The number of aromatic hydroxyl groups is 1. The SMILES string of the molecule is O=C(O)C1(c2cccc(O)c2)CCCN1. The molecule has 2 rings (SSSR count). The van der Waals surface area contributed by atoms with Crippen LogP contribution in [0.5, 0.6) is 5.75 Å². The van der Waals surface area contributed by atoms with Gasteiger partial charge in [0.2, 0.25) is 0 Å². The zero-order valence-corrected chi connectivity index (χ0v) is 8.23. The van der Waals surface area contributed by atoms with Crippen LogP contribution in [0.15, 0.2) is 24.3 Å². The summed E-state index contributed by atoms with van der Waals surface area (Å²) >= 11 is 0. The first-order valence-electron chi connectivity index (χ1n) is 4.93. The molecule has 0 radical (unpaired) electrons. The van der Waals surface area contributed by atoms with E-state index in [4.69, 9.17) is 0 Å². The maximum Gasteiger partial charge on any atom is 0.328 e. The van der Waals surface area contributed by atoms with E-state index in [1.54, 1.807) is 12.1 Å². The minimum absolute atomic E-state index is 0.0989. The molecule has 1 aromatic rings. The summed E-state index contributed by atoms with van der Waals surface area (Å²) in [5.41, 5.74) is -0.397. The second kappa shape index (κ2) is 3.55. The fourth-order valence-corrected chi connectivity index (χ4v) is 2.07. The second-order valence-corrected chi connectivity index (χ2v) is 3.79. The van der Waals surface area contributed by atoms with Crippen LogP contribution >= 0.6 is 0 Å². The molecule has 80 valence electrons. The van der Waals surface area contributed by atoms with Crippen LogP contribution in [0.4, 0.5) is 0 Å². The van der Waals surface area contributed by atoms with Crippen LogP contribution in [0.1, 0.15) is 18.4 Å².